The molecule has 0 fully saturated rings. The summed E-state index contributed by atoms with van der Waals surface area (Å²) in [6.45, 7) is 7.14. The first-order chi connectivity index (χ1) is 16.4. The van der Waals surface area contributed by atoms with E-state index in [9.17, 15) is 9.59 Å². The highest BCUT2D eigenvalue weighted by molar-refractivity contribution is 7.98. The van der Waals surface area contributed by atoms with Gasteiger partial charge in [0.15, 0.2) is 0 Å². The van der Waals surface area contributed by atoms with Gasteiger partial charge in [0.1, 0.15) is 6.54 Å². The van der Waals surface area contributed by atoms with Crippen LogP contribution in [0.25, 0.3) is 0 Å². The van der Waals surface area contributed by atoms with Crippen LogP contribution in [0.4, 0.5) is 10.5 Å². The maximum Gasteiger partial charge on any atom is 0.322 e. The lowest BCUT2D eigenvalue weighted by Gasteiger charge is -2.31. The van der Waals surface area contributed by atoms with Gasteiger partial charge in [-0.05, 0) is 73.4 Å². The summed E-state index contributed by atoms with van der Waals surface area (Å²) in [5.74, 6) is -0.0650. The summed E-state index contributed by atoms with van der Waals surface area (Å²) < 4.78 is 0. The van der Waals surface area contributed by atoms with Gasteiger partial charge in [0.05, 0.1) is 6.54 Å². The molecule has 1 unspecified atom stereocenters. The van der Waals surface area contributed by atoms with Crippen LogP contribution >= 0.6 is 23.1 Å². The second kappa shape index (κ2) is 12.6. The summed E-state index contributed by atoms with van der Waals surface area (Å²) in [6.07, 6.45) is 2.78. The molecule has 0 aliphatic rings. The first-order valence-corrected chi connectivity index (χ1v) is 13.6. The fourth-order valence-corrected chi connectivity index (χ4v) is 4.87. The quantitative estimate of drug-likeness (QED) is 0.321. The number of rotatable bonds is 10. The third-order valence-corrected chi connectivity index (χ3v) is 7.65. The van der Waals surface area contributed by atoms with Gasteiger partial charge in [-0.3, -0.25) is 4.79 Å². The molecule has 0 bridgehead atoms. The number of thioether (sulfide) groups is 1. The van der Waals surface area contributed by atoms with Gasteiger partial charge in [-0.25, -0.2) is 4.79 Å². The van der Waals surface area contributed by atoms with Gasteiger partial charge in [0, 0.05) is 28.0 Å². The van der Waals surface area contributed by atoms with E-state index in [0.29, 0.717) is 13.1 Å². The van der Waals surface area contributed by atoms with Gasteiger partial charge in [-0.1, -0.05) is 37.3 Å². The Labute approximate surface area is 211 Å². The maximum atomic E-state index is 13.6. The number of nitrogens with zero attached hydrogens (tertiary/aromatic N) is 2. The van der Waals surface area contributed by atoms with Crippen molar-refractivity contribution in [2.45, 2.75) is 51.2 Å². The van der Waals surface area contributed by atoms with E-state index in [1.54, 1.807) is 28.0 Å². The molecule has 0 aliphatic carbocycles. The highest BCUT2D eigenvalue weighted by Crippen LogP contribution is 2.21. The topological polar surface area (TPSA) is 52.7 Å². The number of benzene rings is 2. The van der Waals surface area contributed by atoms with Crippen molar-refractivity contribution in [3.05, 3.63) is 82.0 Å². The zero-order valence-corrected chi connectivity index (χ0v) is 21.9. The molecule has 0 aliphatic heterocycles. The van der Waals surface area contributed by atoms with Crippen LogP contribution in [0.1, 0.15) is 36.3 Å². The molecule has 1 aromatic heterocycles. The van der Waals surface area contributed by atoms with E-state index >= 15 is 0 Å². The lowest BCUT2D eigenvalue weighted by atomic mass is 10.2. The Bertz CT molecular complexity index is 1070. The van der Waals surface area contributed by atoms with E-state index in [-0.39, 0.29) is 24.5 Å². The number of hydrogen-bond donors (Lipinski definition) is 1. The molecule has 3 amide bonds. The van der Waals surface area contributed by atoms with E-state index in [1.807, 2.05) is 79.6 Å². The van der Waals surface area contributed by atoms with Crippen LogP contribution in [0.5, 0.6) is 0 Å². The molecule has 1 heterocycles. The third-order valence-electron chi connectivity index (χ3n) is 5.90. The van der Waals surface area contributed by atoms with Crippen LogP contribution in [0.2, 0.25) is 0 Å². The predicted molar refractivity (Wildman–Crippen MR) is 143 cm³/mol. The Hall–Kier alpha value is -2.77. The summed E-state index contributed by atoms with van der Waals surface area (Å²) in [4.78, 5) is 32.5. The van der Waals surface area contributed by atoms with Gasteiger partial charge in [0.25, 0.3) is 0 Å². The van der Waals surface area contributed by atoms with Gasteiger partial charge >= 0.3 is 6.03 Å². The van der Waals surface area contributed by atoms with E-state index < -0.39 is 0 Å². The van der Waals surface area contributed by atoms with Crippen molar-refractivity contribution >= 4 is 40.7 Å². The Balaban J connectivity index is 1.77. The van der Waals surface area contributed by atoms with E-state index in [2.05, 4.69) is 23.7 Å². The average Bonchev–Trinajstić information content (AvgIpc) is 3.26. The summed E-state index contributed by atoms with van der Waals surface area (Å²) in [7, 11) is 0. The summed E-state index contributed by atoms with van der Waals surface area (Å²) >= 11 is 3.31. The second-order valence-electron chi connectivity index (χ2n) is 8.31. The van der Waals surface area contributed by atoms with Crippen LogP contribution in [-0.2, 0) is 17.9 Å². The zero-order valence-electron chi connectivity index (χ0n) is 20.3. The molecule has 3 rings (SSSR count). The molecule has 3 aromatic rings. The SMILES string of the molecule is CCC(C)N(CC(=O)N(Cc1ccccc1)Cc1sccc1C)C(=O)Nc1ccc(SC)cc1. The molecule has 0 spiro atoms. The molecule has 5 nitrogen and oxygen atoms in total. The second-order valence-corrected chi connectivity index (χ2v) is 10.2. The van der Waals surface area contributed by atoms with Crippen LogP contribution in [0, 0.1) is 6.92 Å². The number of carbonyl (C=O) groups is 2. The minimum Gasteiger partial charge on any atom is -0.332 e. The molecule has 0 saturated carbocycles. The zero-order chi connectivity index (χ0) is 24.5. The lowest BCUT2D eigenvalue weighted by Crippen LogP contribution is -2.47. The van der Waals surface area contributed by atoms with E-state index in [1.165, 1.54) is 5.56 Å². The largest absolute Gasteiger partial charge is 0.332 e. The molecule has 180 valence electrons. The first kappa shape index (κ1) is 25.8. The van der Waals surface area contributed by atoms with Gasteiger partial charge in [0.2, 0.25) is 5.91 Å². The lowest BCUT2D eigenvalue weighted by molar-refractivity contribution is -0.133. The monoisotopic (exact) mass is 495 g/mol. The van der Waals surface area contributed by atoms with Crippen molar-refractivity contribution in [2.75, 3.05) is 18.1 Å². The Kier molecular flexibility index (Phi) is 9.60. The Morgan fingerprint density at radius 2 is 1.74 bits per heavy atom. The molecule has 0 saturated heterocycles. The number of thiophene rings is 1. The van der Waals surface area contributed by atoms with E-state index in [0.717, 1.165) is 27.4 Å². The molecule has 1 N–H and O–H groups in total. The van der Waals surface area contributed by atoms with Crippen LogP contribution < -0.4 is 5.32 Å². The van der Waals surface area contributed by atoms with Crippen molar-refractivity contribution in [1.82, 2.24) is 9.80 Å². The molecular formula is C27H33N3O2S2. The molecule has 2 aromatic carbocycles. The predicted octanol–water partition coefficient (Wildman–Crippen LogP) is 6.64. The van der Waals surface area contributed by atoms with Crippen LogP contribution in [0.15, 0.2) is 70.9 Å². The molecule has 34 heavy (non-hydrogen) atoms. The first-order valence-electron chi connectivity index (χ1n) is 11.5. The average molecular weight is 496 g/mol. The van der Waals surface area contributed by atoms with Crippen molar-refractivity contribution in [1.29, 1.82) is 0 Å². The number of amides is 3. The number of urea groups is 1. The smallest absolute Gasteiger partial charge is 0.322 e. The van der Waals surface area contributed by atoms with Crippen molar-refractivity contribution in [3.8, 4) is 0 Å². The van der Waals surface area contributed by atoms with Crippen molar-refractivity contribution < 1.29 is 9.59 Å². The maximum absolute atomic E-state index is 13.6. The Morgan fingerprint density at radius 3 is 2.32 bits per heavy atom. The summed E-state index contributed by atoms with van der Waals surface area (Å²) in [6, 6.07) is 19.5. The summed E-state index contributed by atoms with van der Waals surface area (Å²) in [5, 5.41) is 5.02. The normalized spacial score (nSPS) is 11.6. The van der Waals surface area contributed by atoms with Gasteiger partial charge in [-0.2, -0.15) is 0 Å². The van der Waals surface area contributed by atoms with Crippen molar-refractivity contribution in [2.24, 2.45) is 0 Å². The highest BCUT2D eigenvalue weighted by Gasteiger charge is 2.25. The third kappa shape index (κ3) is 7.11. The minimum absolute atomic E-state index is 0.0288. The number of nitrogens with one attached hydrogen (secondary N) is 1. The van der Waals surface area contributed by atoms with Gasteiger partial charge < -0.3 is 15.1 Å². The number of hydrogen-bond acceptors (Lipinski definition) is 4. The van der Waals surface area contributed by atoms with Crippen molar-refractivity contribution in [3.63, 3.8) is 0 Å². The fraction of sp³-hybridized carbons (Fsp3) is 0.333. The molecular weight excluding hydrogens is 462 g/mol. The number of anilines is 1. The van der Waals surface area contributed by atoms with Gasteiger partial charge in [-0.15, -0.1) is 23.1 Å². The number of carbonyl (C=O) groups excluding carboxylic acids is 2. The van der Waals surface area contributed by atoms with Crippen LogP contribution in [0.3, 0.4) is 0 Å². The van der Waals surface area contributed by atoms with Crippen LogP contribution in [-0.4, -0.2) is 40.6 Å². The molecule has 1 atom stereocenters. The van der Waals surface area contributed by atoms with E-state index in [4.69, 9.17) is 0 Å². The standard InChI is InChI=1S/C27H33N3O2S2/c1-5-21(3)30(27(32)28-23-11-13-24(33-4)14-12-23)19-26(31)29(17-22-9-7-6-8-10-22)18-25-20(2)15-16-34-25/h6-16,21H,5,17-19H2,1-4H3,(H,28,32). The number of aryl methyl sites for hydroxylation is 1. The minimum atomic E-state index is -0.258. The Morgan fingerprint density at radius 1 is 1.03 bits per heavy atom. The fourth-order valence-electron chi connectivity index (χ4n) is 3.54. The molecule has 7 heteroatoms. The highest BCUT2D eigenvalue weighted by atomic mass is 32.2. The summed E-state index contributed by atoms with van der Waals surface area (Å²) in [5.41, 5.74) is 2.97. The molecule has 0 radical (unpaired) electrons.